The van der Waals surface area contributed by atoms with Crippen molar-refractivity contribution in [2.45, 2.75) is 19.9 Å². The lowest BCUT2D eigenvalue weighted by Crippen LogP contribution is -3.13. The molecule has 1 heterocycles. The van der Waals surface area contributed by atoms with Gasteiger partial charge in [0.15, 0.2) is 12.6 Å². The van der Waals surface area contributed by atoms with Crippen LogP contribution in [-0.4, -0.2) is 37.1 Å². The Morgan fingerprint density at radius 2 is 2.44 bits per heavy atom. The normalized spacial score (nSPS) is 34.8. The molecular formula is C7H16N2+2. The van der Waals surface area contributed by atoms with Gasteiger partial charge in [-0.1, -0.05) is 0 Å². The third-order valence-corrected chi connectivity index (χ3v) is 1.99. The molecular weight excluding hydrogens is 112 g/mol. The highest BCUT2D eigenvalue weighted by atomic mass is 15.3. The van der Waals surface area contributed by atoms with Crippen LogP contribution in [0.1, 0.15) is 13.8 Å². The molecule has 0 radical (unpaired) electrons. The minimum atomic E-state index is 0.792. The van der Waals surface area contributed by atoms with Crippen molar-refractivity contribution in [1.82, 2.24) is 0 Å². The Morgan fingerprint density at radius 3 is 2.67 bits per heavy atom. The van der Waals surface area contributed by atoms with Gasteiger partial charge in [0.25, 0.3) is 0 Å². The second-order valence-corrected chi connectivity index (χ2v) is 2.90. The lowest BCUT2D eigenvalue weighted by Gasteiger charge is -2.06. The van der Waals surface area contributed by atoms with E-state index in [0.29, 0.717) is 0 Å². The first-order valence-corrected chi connectivity index (χ1v) is 3.65. The van der Waals surface area contributed by atoms with Crippen LogP contribution in [0.2, 0.25) is 0 Å². The number of hydrogen-bond acceptors (Lipinski definition) is 0. The summed E-state index contributed by atoms with van der Waals surface area (Å²) in [6.45, 7) is 6.94. The van der Waals surface area contributed by atoms with E-state index >= 15 is 0 Å². The Kier molecular flexibility index (Phi) is 1.86. The molecule has 1 aliphatic rings. The number of likely N-dealkylation sites (N-methyl/N-ethyl adjacent to an activating group) is 2. The van der Waals surface area contributed by atoms with E-state index in [1.54, 1.807) is 4.90 Å². The molecule has 0 aromatic heterocycles. The van der Waals surface area contributed by atoms with Crippen molar-refractivity contribution in [1.29, 1.82) is 0 Å². The molecule has 1 aliphatic heterocycles. The Morgan fingerprint density at radius 1 is 1.78 bits per heavy atom. The summed E-state index contributed by atoms with van der Waals surface area (Å²) < 4.78 is 2.27. The molecule has 1 N–H and O–H groups in total. The summed E-state index contributed by atoms with van der Waals surface area (Å²) in [5.41, 5.74) is 0. The maximum absolute atomic E-state index is 2.29. The first-order valence-electron chi connectivity index (χ1n) is 3.65. The molecule has 0 aliphatic carbocycles. The minimum absolute atomic E-state index is 0.792. The molecule has 2 unspecified atom stereocenters. The van der Waals surface area contributed by atoms with Gasteiger partial charge < -0.3 is 0 Å². The molecule has 0 saturated heterocycles. The van der Waals surface area contributed by atoms with E-state index in [9.17, 15) is 0 Å². The van der Waals surface area contributed by atoms with Gasteiger partial charge in [-0.05, 0) is 13.8 Å². The van der Waals surface area contributed by atoms with E-state index in [0.717, 1.165) is 6.04 Å². The molecule has 0 spiro atoms. The smallest absolute Gasteiger partial charge is 0.247 e. The van der Waals surface area contributed by atoms with E-state index in [2.05, 4.69) is 31.8 Å². The van der Waals surface area contributed by atoms with E-state index < -0.39 is 0 Å². The van der Waals surface area contributed by atoms with E-state index in [-0.39, 0.29) is 0 Å². The Hall–Kier alpha value is -0.370. The van der Waals surface area contributed by atoms with Crippen LogP contribution in [0.15, 0.2) is 0 Å². The maximum atomic E-state index is 2.29. The summed E-state index contributed by atoms with van der Waals surface area (Å²) in [5.74, 6) is 0. The average molecular weight is 128 g/mol. The number of nitrogens with zero attached hydrogens (tertiary/aromatic N) is 1. The van der Waals surface area contributed by atoms with Crippen LogP contribution in [-0.2, 0) is 0 Å². The summed E-state index contributed by atoms with van der Waals surface area (Å²) in [4.78, 5) is 1.59. The largest absolute Gasteiger partial charge is 0.325 e. The predicted octanol–water partition coefficient (Wildman–Crippen LogP) is -1.04. The highest BCUT2D eigenvalue weighted by Crippen LogP contribution is 1.79. The highest BCUT2D eigenvalue weighted by molar-refractivity contribution is 5.37. The number of nitrogens with one attached hydrogen (secondary N) is 1. The molecule has 9 heavy (non-hydrogen) atoms. The van der Waals surface area contributed by atoms with Crippen LogP contribution >= 0.6 is 0 Å². The molecule has 0 fully saturated rings. The maximum Gasteiger partial charge on any atom is 0.325 e. The van der Waals surface area contributed by atoms with Gasteiger partial charge in [-0.3, -0.25) is 0 Å². The highest BCUT2D eigenvalue weighted by Gasteiger charge is 2.27. The van der Waals surface area contributed by atoms with Crippen LogP contribution < -0.4 is 4.90 Å². The van der Waals surface area contributed by atoms with Gasteiger partial charge in [0, 0.05) is 0 Å². The minimum Gasteiger partial charge on any atom is -0.247 e. The fourth-order valence-corrected chi connectivity index (χ4v) is 1.45. The molecule has 52 valence electrons. The average Bonchev–Trinajstić information content (AvgIpc) is 2.10. The second kappa shape index (κ2) is 2.48. The molecule has 0 saturated carbocycles. The topological polar surface area (TPSA) is 7.45 Å². The molecule has 2 nitrogen and oxygen atoms in total. The number of rotatable bonds is 1. The van der Waals surface area contributed by atoms with Gasteiger partial charge in [-0.25, -0.2) is 4.90 Å². The zero-order chi connectivity index (χ0) is 6.85. The van der Waals surface area contributed by atoms with Crippen molar-refractivity contribution in [3.63, 3.8) is 0 Å². The zero-order valence-corrected chi connectivity index (χ0v) is 6.52. The fraction of sp³-hybridized carbons (Fsp3) is 0.857. The standard InChI is InChI=1S/C7H15N2/c1-4-9-6-8(3)5-7(9)2/h6-7H,4-5H2,1-3H3/q+1/p+1. The zero-order valence-electron chi connectivity index (χ0n) is 6.52. The molecule has 0 amide bonds. The van der Waals surface area contributed by atoms with Crippen LogP contribution in [0, 0.1) is 0 Å². The summed E-state index contributed by atoms with van der Waals surface area (Å²) >= 11 is 0. The lowest BCUT2D eigenvalue weighted by atomic mass is 10.3. The fourth-order valence-electron chi connectivity index (χ4n) is 1.45. The van der Waals surface area contributed by atoms with Crippen molar-refractivity contribution in [3.8, 4) is 0 Å². The van der Waals surface area contributed by atoms with Gasteiger partial charge in [-0.2, -0.15) is 4.58 Å². The molecule has 0 bridgehead atoms. The monoisotopic (exact) mass is 128 g/mol. The summed E-state index contributed by atoms with van der Waals surface area (Å²) in [6.07, 6.45) is 2.27. The third kappa shape index (κ3) is 1.30. The Labute approximate surface area is 56.8 Å². The molecule has 1 rings (SSSR count). The van der Waals surface area contributed by atoms with Crippen LogP contribution in [0.25, 0.3) is 0 Å². The van der Waals surface area contributed by atoms with Crippen molar-refractivity contribution in [3.05, 3.63) is 0 Å². The van der Waals surface area contributed by atoms with Gasteiger partial charge in [0.05, 0.1) is 6.54 Å². The first-order chi connectivity index (χ1) is 4.24. The third-order valence-electron chi connectivity index (χ3n) is 1.99. The first kappa shape index (κ1) is 6.75. The summed E-state index contributed by atoms with van der Waals surface area (Å²) in [5, 5.41) is 0. The van der Waals surface area contributed by atoms with Crippen molar-refractivity contribution < 1.29 is 9.48 Å². The summed E-state index contributed by atoms with van der Waals surface area (Å²) in [7, 11) is 2.14. The van der Waals surface area contributed by atoms with E-state index in [1.165, 1.54) is 13.1 Å². The van der Waals surface area contributed by atoms with E-state index in [4.69, 9.17) is 0 Å². The van der Waals surface area contributed by atoms with Crippen molar-refractivity contribution in [2.24, 2.45) is 0 Å². The van der Waals surface area contributed by atoms with E-state index in [1.807, 2.05) is 0 Å². The number of quaternary nitrogens is 1. The quantitative estimate of drug-likeness (QED) is 0.432. The molecule has 0 aromatic carbocycles. The van der Waals surface area contributed by atoms with Crippen LogP contribution in [0.4, 0.5) is 0 Å². The Bertz CT molecular complexity index is 129. The van der Waals surface area contributed by atoms with Crippen molar-refractivity contribution in [2.75, 3.05) is 20.1 Å². The van der Waals surface area contributed by atoms with Gasteiger partial charge in [0.1, 0.15) is 7.05 Å². The van der Waals surface area contributed by atoms with Gasteiger partial charge in [0.2, 0.25) is 0 Å². The predicted molar refractivity (Wildman–Crippen MR) is 38.1 cm³/mol. The Balaban J connectivity index is 2.53. The SMILES string of the molecule is CC[NH+]1C=[N+](C)CC1C. The van der Waals surface area contributed by atoms with Crippen LogP contribution in [0.5, 0.6) is 0 Å². The molecule has 2 atom stereocenters. The lowest BCUT2D eigenvalue weighted by molar-refractivity contribution is -0.816. The second-order valence-electron chi connectivity index (χ2n) is 2.90. The molecule has 2 heteroatoms. The summed E-state index contributed by atoms with van der Waals surface area (Å²) in [6, 6.07) is 0.792. The van der Waals surface area contributed by atoms with Gasteiger partial charge in [-0.15, -0.1) is 0 Å². The van der Waals surface area contributed by atoms with Gasteiger partial charge >= 0.3 is 6.34 Å². The number of hydrogen-bond donors (Lipinski definition) is 1. The molecule has 0 aromatic rings. The van der Waals surface area contributed by atoms with Crippen molar-refractivity contribution >= 4 is 6.34 Å². The van der Waals surface area contributed by atoms with Crippen LogP contribution in [0.3, 0.4) is 0 Å².